The second-order valence-corrected chi connectivity index (χ2v) is 3.91. The van der Waals surface area contributed by atoms with Crippen LogP contribution in [0.25, 0.3) is 5.57 Å². The summed E-state index contributed by atoms with van der Waals surface area (Å²) in [6.45, 7) is 7.38. The Morgan fingerprint density at radius 3 is 3.12 bits per heavy atom. The lowest BCUT2D eigenvalue weighted by atomic mass is 10.1. The third-order valence-electron chi connectivity index (χ3n) is 2.74. The van der Waals surface area contributed by atoms with Crippen molar-refractivity contribution in [3.8, 4) is 0 Å². The number of aromatic nitrogens is 2. The van der Waals surface area contributed by atoms with Gasteiger partial charge in [0.05, 0.1) is 43.0 Å². The predicted molar refractivity (Wildman–Crippen MR) is 62.3 cm³/mol. The SMILES string of the molecule is C=C(C(=O)OCC)c1cncn1CC1CCO1. The molecule has 0 saturated carbocycles. The third kappa shape index (κ3) is 2.55. The van der Waals surface area contributed by atoms with E-state index in [-0.39, 0.29) is 6.10 Å². The van der Waals surface area contributed by atoms with Gasteiger partial charge in [-0.1, -0.05) is 6.58 Å². The summed E-state index contributed by atoms with van der Waals surface area (Å²) in [6, 6.07) is 0. The van der Waals surface area contributed by atoms with E-state index in [2.05, 4.69) is 11.6 Å². The number of rotatable bonds is 5. The molecular weight excluding hydrogens is 220 g/mol. The number of carbonyl (C=O) groups excluding carboxylic acids is 1. The molecule has 1 aliphatic heterocycles. The zero-order valence-electron chi connectivity index (χ0n) is 9.89. The van der Waals surface area contributed by atoms with E-state index < -0.39 is 5.97 Å². The van der Waals surface area contributed by atoms with Crippen LogP contribution in [0, 0.1) is 0 Å². The highest BCUT2D eigenvalue weighted by Crippen LogP contribution is 2.18. The Kier molecular flexibility index (Phi) is 3.58. The molecule has 1 aromatic rings. The molecule has 0 bridgehead atoms. The number of imidazole rings is 1. The van der Waals surface area contributed by atoms with E-state index in [0.29, 0.717) is 24.4 Å². The van der Waals surface area contributed by atoms with Crippen LogP contribution in [0.5, 0.6) is 0 Å². The van der Waals surface area contributed by atoms with Crippen molar-refractivity contribution in [2.75, 3.05) is 13.2 Å². The molecule has 1 unspecified atom stereocenters. The van der Waals surface area contributed by atoms with Gasteiger partial charge >= 0.3 is 5.97 Å². The van der Waals surface area contributed by atoms with Crippen LogP contribution < -0.4 is 0 Å². The van der Waals surface area contributed by atoms with Crippen LogP contribution in [-0.4, -0.2) is 34.8 Å². The molecule has 1 atom stereocenters. The quantitative estimate of drug-likeness (QED) is 0.570. The van der Waals surface area contributed by atoms with Gasteiger partial charge in [0.2, 0.25) is 0 Å². The van der Waals surface area contributed by atoms with E-state index in [4.69, 9.17) is 9.47 Å². The number of nitrogens with zero attached hydrogens (tertiary/aromatic N) is 2. The second kappa shape index (κ2) is 5.14. The first-order valence-corrected chi connectivity index (χ1v) is 5.70. The number of hydrogen-bond donors (Lipinski definition) is 0. The molecule has 5 nitrogen and oxygen atoms in total. The van der Waals surface area contributed by atoms with Crippen LogP contribution in [-0.2, 0) is 20.8 Å². The van der Waals surface area contributed by atoms with Crippen molar-refractivity contribution in [2.45, 2.75) is 26.0 Å². The Labute approximate surface area is 100 Å². The minimum Gasteiger partial charge on any atom is -0.462 e. The Bertz CT molecular complexity index is 421. The summed E-state index contributed by atoms with van der Waals surface area (Å²) < 4.78 is 12.1. The molecule has 1 fully saturated rings. The van der Waals surface area contributed by atoms with E-state index >= 15 is 0 Å². The van der Waals surface area contributed by atoms with E-state index in [1.54, 1.807) is 19.4 Å². The maximum Gasteiger partial charge on any atom is 0.339 e. The predicted octanol–water partition coefficient (Wildman–Crippen LogP) is 1.25. The van der Waals surface area contributed by atoms with E-state index in [0.717, 1.165) is 13.0 Å². The first kappa shape index (κ1) is 11.9. The van der Waals surface area contributed by atoms with Crippen molar-refractivity contribution < 1.29 is 14.3 Å². The van der Waals surface area contributed by atoms with Gasteiger partial charge in [0.1, 0.15) is 0 Å². The minimum absolute atomic E-state index is 0.220. The molecule has 2 rings (SSSR count). The van der Waals surface area contributed by atoms with E-state index in [1.807, 2.05) is 4.57 Å². The first-order chi connectivity index (χ1) is 8.22. The summed E-state index contributed by atoms with van der Waals surface area (Å²) in [5.74, 6) is -0.399. The molecule has 0 aromatic carbocycles. The van der Waals surface area contributed by atoms with Gasteiger partial charge in [-0.15, -0.1) is 0 Å². The summed E-state index contributed by atoms with van der Waals surface area (Å²) in [5, 5.41) is 0. The van der Waals surface area contributed by atoms with Crippen molar-refractivity contribution in [3.63, 3.8) is 0 Å². The largest absolute Gasteiger partial charge is 0.462 e. The van der Waals surface area contributed by atoms with Gasteiger partial charge in [0.25, 0.3) is 0 Å². The molecule has 1 saturated heterocycles. The fourth-order valence-electron chi connectivity index (χ4n) is 1.69. The fraction of sp³-hybridized carbons (Fsp3) is 0.500. The van der Waals surface area contributed by atoms with Crippen molar-refractivity contribution in [3.05, 3.63) is 24.8 Å². The Balaban J connectivity index is 2.06. The topological polar surface area (TPSA) is 53.3 Å². The third-order valence-corrected chi connectivity index (χ3v) is 2.74. The molecule has 0 radical (unpaired) electrons. The zero-order chi connectivity index (χ0) is 12.3. The molecule has 92 valence electrons. The normalized spacial score (nSPS) is 18.5. The van der Waals surface area contributed by atoms with Gasteiger partial charge in [0.15, 0.2) is 0 Å². The maximum atomic E-state index is 11.6. The number of hydrogen-bond acceptors (Lipinski definition) is 4. The molecule has 2 heterocycles. The monoisotopic (exact) mass is 236 g/mol. The molecule has 17 heavy (non-hydrogen) atoms. The van der Waals surface area contributed by atoms with Crippen molar-refractivity contribution in [1.82, 2.24) is 9.55 Å². The van der Waals surface area contributed by atoms with Crippen LogP contribution in [0.4, 0.5) is 0 Å². The first-order valence-electron chi connectivity index (χ1n) is 5.70. The molecular formula is C12H16N2O3. The Hall–Kier alpha value is -1.62. The zero-order valence-corrected chi connectivity index (χ0v) is 9.89. The fourth-order valence-corrected chi connectivity index (χ4v) is 1.69. The lowest BCUT2D eigenvalue weighted by molar-refractivity contribution is -0.136. The average molecular weight is 236 g/mol. The highest BCUT2D eigenvalue weighted by molar-refractivity contribution is 6.14. The smallest absolute Gasteiger partial charge is 0.339 e. The van der Waals surface area contributed by atoms with Crippen molar-refractivity contribution >= 4 is 11.5 Å². The highest BCUT2D eigenvalue weighted by Gasteiger charge is 2.21. The van der Waals surface area contributed by atoms with Gasteiger partial charge in [0, 0.05) is 6.61 Å². The second-order valence-electron chi connectivity index (χ2n) is 3.91. The minimum atomic E-state index is -0.399. The van der Waals surface area contributed by atoms with Crippen LogP contribution >= 0.6 is 0 Å². The number of esters is 1. The standard InChI is InChI=1S/C12H16N2O3/c1-3-16-12(15)9(2)11-6-13-8-14(11)7-10-4-5-17-10/h6,8,10H,2-5,7H2,1H3. The maximum absolute atomic E-state index is 11.6. The van der Waals surface area contributed by atoms with Gasteiger partial charge in [-0.05, 0) is 13.3 Å². The summed E-state index contributed by atoms with van der Waals surface area (Å²) >= 11 is 0. The van der Waals surface area contributed by atoms with Crippen molar-refractivity contribution in [1.29, 1.82) is 0 Å². The molecule has 0 aliphatic carbocycles. The summed E-state index contributed by atoms with van der Waals surface area (Å²) in [7, 11) is 0. The average Bonchev–Trinajstić information content (AvgIpc) is 2.70. The Morgan fingerprint density at radius 1 is 1.76 bits per heavy atom. The van der Waals surface area contributed by atoms with Gasteiger partial charge < -0.3 is 14.0 Å². The van der Waals surface area contributed by atoms with Crippen LogP contribution in [0.15, 0.2) is 19.1 Å². The Morgan fingerprint density at radius 2 is 2.53 bits per heavy atom. The van der Waals surface area contributed by atoms with Gasteiger partial charge in [-0.3, -0.25) is 0 Å². The summed E-state index contributed by atoms with van der Waals surface area (Å²) in [6.07, 6.45) is 4.57. The van der Waals surface area contributed by atoms with Crippen LogP contribution in [0.3, 0.4) is 0 Å². The van der Waals surface area contributed by atoms with E-state index in [9.17, 15) is 4.79 Å². The molecule has 0 spiro atoms. The van der Waals surface area contributed by atoms with E-state index in [1.165, 1.54) is 0 Å². The van der Waals surface area contributed by atoms with Gasteiger partial charge in [-0.2, -0.15) is 0 Å². The number of carbonyl (C=O) groups is 1. The lowest BCUT2D eigenvalue weighted by Gasteiger charge is -2.27. The van der Waals surface area contributed by atoms with Gasteiger partial charge in [-0.25, -0.2) is 9.78 Å². The van der Waals surface area contributed by atoms with Crippen molar-refractivity contribution in [2.24, 2.45) is 0 Å². The molecule has 0 amide bonds. The van der Waals surface area contributed by atoms with Crippen LogP contribution in [0.1, 0.15) is 19.0 Å². The lowest BCUT2D eigenvalue weighted by Crippen LogP contribution is -2.31. The molecule has 1 aliphatic rings. The van der Waals surface area contributed by atoms with Crippen LogP contribution in [0.2, 0.25) is 0 Å². The molecule has 0 N–H and O–H groups in total. The highest BCUT2D eigenvalue weighted by atomic mass is 16.5. The number of ether oxygens (including phenoxy) is 2. The summed E-state index contributed by atoms with van der Waals surface area (Å²) in [5.41, 5.74) is 1.03. The summed E-state index contributed by atoms with van der Waals surface area (Å²) in [4.78, 5) is 15.6. The molecule has 1 aromatic heterocycles. The molecule has 5 heteroatoms.